The van der Waals surface area contributed by atoms with Crippen LogP contribution >= 0.6 is 0 Å². The molecule has 2 atom stereocenters. The maximum Gasteiger partial charge on any atom is 0.233 e. The summed E-state index contributed by atoms with van der Waals surface area (Å²) in [6.45, 7) is 6.12. The third kappa shape index (κ3) is 4.55. The van der Waals surface area contributed by atoms with Crippen molar-refractivity contribution in [3.63, 3.8) is 0 Å². The highest BCUT2D eigenvalue weighted by Crippen LogP contribution is 2.39. The van der Waals surface area contributed by atoms with Gasteiger partial charge in [-0.25, -0.2) is 0 Å². The first kappa shape index (κ1) is 19.4. The highest BCUT2D eigenvalue weighted by Gasteiger charge is 2.29. The molecule has 1 saturated carbocycles. The predicted molar refractivity (Wildman–Crippen MR) is 106 cm³/mol. The van der Waals surface area contributed by atoms with Gasteiger partial charge in [0, 0.05) is 36.2 Å². The van der Waals surface area contributed by atoms with Crippen LogP contribution in [0, 0.1) is 12.8 Å². The summed E-state index contributed by atoms with van der Waals surface area (Å²) in [6, 6.07) is 4.07. The number of hydrogen-bond donors (Lipinski definition) is 2. The number of aromatic nitrogens is 6. The SMILES string of the molecule is Cc1cc(CC(=O)Nc2cc([C@@H]3CC[C@H](Cc4nncn4C(C)C)C3)[nH]n2)on1. The second kappa shape index (κ2) is 8.18. The fourth-order valence-corrected chi connectivity index (χ4v) is 4.10. The lowest BCUT2D eigenvalue weighted by atomic mass is 9.99. The van der Waals surface area contributed by atoms with Crippen LogP contribution in [0.25, 0.3) is 0 Å². The molecule has 29 heavy (non-hydrogen) atoms. The molecule has 1 aliphatic rings. The van der Waals surface area contributed by atoms with E-state index in [9.17, 15) is 4.79 Å². The van der Waals surface area contributed by atoms with Gasteiger partial charge in [-0.15, -0.1) is 10.2 Å². The fourth-order valence-electron chi connectivity index (χ4n) is 4.10. The lowest BCUT2D eigenvalue weighted by molar-refractivity contribution is -0.115. The van der Waals surface area contributed by atoms with E-state index < -0.39 is 0 Å². The number of rotatable bonds is 7. The summed E-state index contributed by atoms with van der Waals surface area (Å²) in [7, 11) is 0. The largest absolute Gasteiger partial charge is 0.361 e. The number of carbonyl (C=O) groups excluding carboxylic acids is 1. The Morgan fingerprint density at radius 2 is 2.24 bits per heavy atom. The smallest absolute Gasteiger partial charge is 0.233 e. The zero-order valence-corrected chi connectivity index (χ0v) is 17.1. The van der Waals surface area contributed by atoms with Crippen LogP contribution in [-0.2, 0) is 17.6 Å². The van der Waals surface area contributed by atoms with Crippen molar-refractivity contribution in [1.29, 1.82) is 0 Å². The number of anilines is 1. The number of nitrogens with one attached hydrogen (secondary N) is 2. The van der Waals surface area contributed by atoms with Gasteiger partial charge in [-0.05, 0) is 46.0 Å². The molecule has 1 amide bonds. The highest BCUT2D eigenvalue weighted by molar-refractivity contribution is 5.91. The van der Waals surface area contributed by atoms with Gasteiger partial charge in [0.15, 0.2) is 5.82 Å². The minimum absolute atomic E-state index is 0.144. The Morgan fingerprint density at radius 3 is 3.00 bits per heavy atom. The molecule has 154 valence electrons. The zero-order valence-electron chi connectivity index (χ0n) is 17.1. The van der Waals surface area contributed by atoms with Crippen LogP contribution in [0.5, 0.6) is 0 Å². The number of aryl methyl sites for hydroxylation is 1. The third-order valence-electron chi connectivity index (χ3n) is 5.53. The van der Waals surface area contributed by atoms with E-state index in [1.54, 1.807) is 6.07 Å². The van der Waals surface area contributed by atoms with Crippen LogP contribution in [0.3, 0.4) is 0 Å². The molecule has 1 fully saturated rings. The van der Waals surface area contributed by atoms with Gasteiger partial charge in [0.25, 0.3) is 0 Å². The summed E-state index contributed by atoms with van der Waals surface area (Å²) in [5, 5.41) is 22.3. The first-order valence-electron chi connectivity index (χ1n) is 10.1. The van der Waals surface area contributed by atoms with E-state index in [0.717, 1.165) is 42.9 Å². The molecule has 3 heterocycles. The number of nitrogens with zero attached hydrogens (tertiary/aromatic N) is 5. The van der Waals surface area contributed by atoms with Gasteiger partial charge in [-0.3, -0.25) is 9.89 Å². The molecule has 0 saturated heterocycles. The number of carbonyl (C=O) groups is 1. The molecular weight excluding hydrogens is 370 g/mol. The van der Waals surface area contributed by atoms with Crippen molar-refractivity contribution in [3.8, 4) is 0 Å². The second-order valence-electron chi connectivity index (χ2n) is 8.20. The van der Waals surface area contributed by atoms with Crippen molar-refractivity contribution in [2.45, 2.75) is 64.8 Å². The summed E-state index contributed by atoms with van der Waals surface area (Å²) < 4.78 is 7.23. The van der Waals surface area contributed by atoms with E-state index in [1.807, 2.05) is 19.3 Å². The Bertz CT molecular complexity index is 971. The van der Waals surface area contributed by atoms with Crippen molar-refractivity contribution < 1.29 is 9.32 Å². The van der Waals surface area contributed by atoms with E-state index in [4.69, 9.17) is 4.52 Å². The Labute approximate surface area is 169 Å². The lowest BCUT2D eigenvalue weighted by Gasteiger charge is -2.13. The van der Waals surface area contributed by atoms with Crippen molar-refractivity contribution in [2.75, 3.05) is 5.32 Å². The van der Waals surface area contributed by atoms with Gasteiger partial charge in [0.05, 0.1) is 12.1 Å². The van der Waals surface area contributed by atoms with Gasteiger partial charge >= 0.3 is 0 Å². The van der Waals surface area contributed by atoms with Gasteiger partial charge in [-0.1, -0.05) is 5.16 Å². The quantitative estimate of drug-likeness (QED) is 0.633. The molecule has 0 unspecified atom stereocenters. The van der Waals surface area contributed by atoms with Gasteiger partial charge in [-0.2, -0.15) is 5.10 Å². The zero-order chi connectivity index (χ0) is 20.4. The first-order chi connectivity index (χ1) is 14.0. The van der Waals surface area contributed by atoms with E-state index in [-0.39, 0.29) is 12.3 Å². The minimum atomic E-state index is -0.170. The summed E-state index contributed by atoms with van der Waals surface area (Å²) in [5.41, 5.74) is 1.83. The molecule has 0 aliphatic heterocycles. The Hall–Kier alpha value is -2.97. The first-order valence-corrected chi connectivity index (χ1v) is 10.1. The van der Waals surface area contributed by atoms with Crippen molar-refractivity contribution in [2.24, 2.45) is 5.92 Å². The molecule has 2 N–H and O–H groups in total. The normalized spacial score (nSPS) is 19.2. The number of H-pyrrole nitrogens is 1. The maximum absolute atomic E-state index is 12.2. The van der Waals surface area contributed by atoms with Crippen LogP contribution in [0.15, 0.2) is 23.0 Å². The maximum atomic E-state index is 12.2. The van der Waals surface area contributed by atoms with Crippen LogP contribution in [-0.4, -0.2) is 36.0 Å². The molecular formula is C20H27N7O2. The predicted octanol–water partition coefficient (Wildman–Crippen LogP) is 3.19. The summed E-state index contributed by atoms with van der Waals surface area (Å²) in [5.74, 6) is 2.98. The van der Waals surface area contributed by atoms with Crippen LogP contribution in [0.4, 0.5) is 5.82 Å². The van der Waals surface area contributed by atoms with Crippen LogP contribution in [0.1, 0.15) is 68.0 Å². The van der Waals surface area contributed by atoms with Crippen molar-refractivity contribution in [1.82, 2.24) is 30.1 Å². The third-order valence-corrected chi connectivity index (χ3v) is 5.53. The van der Waals surface area contributed by atoms with E-state index >= 15 is 0 Å². The van der Waals surface area contributed by atoms with E-state index in [0.29, 0.717) is 29.5 Å². The van der Waals surface area contributed by atoms with Gasteiger partial charge < -0.3 is 14.4 Å². The van der Waals surface area contributed by atoms with Crippen LogP contribution < -0.4 is 5.32 Å². The second-order valence-corrected chi connectivity index (χ2v) is 8.20. The monoisotopic (exact) mass is 397 g/mol. The van der Waals surface area contributed by atoms with E-state index in [1.165, 1.54) is 0 Å². The standard InChI is InChI=1S/C20H27N7O2/c1-12(2)27-11-21-25-19(27)8-14-4-5-15(7-14)17-10-18(24-23-17)22-20(28)9-16-6-13(3)26-29-16/h6,10-12,14-15H,4-5,7-9H2,1-3H3,(H2,22,23,24,28)/t14-,15+/m0/s1. The average Bonchev–Trinajstić information content (AvgIpc) is 3.43. The summed E-state index contributed by atoms with van der Waals surface area (Å²) in [6.07, 6.45) is 6.25. The molecule has 3 aromatic heterocycles. The number of aromatic amines is 1. The molecule has 1 aliphatic carbocycles. The molecule has 3 aromatic rings. The summed E-state index contributed by atoms with van der Waals surface area (Å²) >= 11 is 0. The number of amides is 1. The molecule has 0 spiro atoms. The molecule has 0 aromatic carbocycles. The number of hydrogen-bond acceptors (Lipinski definition) is 6. The Morgan fingerprint density at radius 1 is 1.38 bits per heavy atom. The van der Waals surface area contributed by atoms with E-state index in [2.05, 4.69) is 49.3 Å². The molecule has 9 nitrogen and oxygen atoms in total. The topological polar surface area (TPSA) is 115 Å². The molecule has 0 radical (unpaired) electrons. The molecule has 4 rings (SSSR count). The lowest BCUT2D eigenvalue weighted by Crippen LogP contribution is -2.14. The Balaban J connectivity index is 1.31. The summed E-state index contributed by atoms with van der Waals surface area (Å²) in [4.78, 5) is 12.2. The Kier molecular flexibility index (Phi) is 5.46. The van der Waals surface area contributed by atoms with Crippen LogP contribution in [0.2, 0.25) is 0 Å². The average molecular weight is 397 g/mol. The van der Waals surface area contributed by atoms with Gasteiger partial charge in [0.1, 0.15) is 17.9 Å². The fraction of sp³-hybridized carbons (Fsp3) is 0.550. The highest BCUT2D eigenvalue weighted by atomic mass is 16.5. The molecule has 9 heteroatoms. The van der Waals surface area contributed by atoms with Crippen molar-refractivity contribution >= 4 is 11.7 Å². The molecule has 0 bridgehead atoms. The minimum Gasteiger partial charge on any atom is -0.361 e. The van der Waals surface area contributed by atoms with Crippen molar-refractivity contribution in [3.05, 3.63) is 41.4 Å². The van der Waals surface area contributed by atoms with Gasteiger partial charge in [0.2, 0.25) is 5.91 Å².